The zero-order valence-corrected chi connectivity index (χ0v) is 11.8. The first-order valence-electron chi connectivity index (χ1n) is 7.18. The van der Waals surface area contributed by atoms with Gasteiger partial charge in [-0.15, -0.1) is 0 Å². The van der Waals surface area contributed by atoms with Crippen molar-refractivity contribution >= 4 is 6.29 Å². The minimum Gasteiger partial charge on any atom is -0.497 e. The second-order valence-electron chi connectivity index (χ2n) is 5.64. The molecular weight excluding hydrogens is 256 g/mol. The van der Waals surface area contributed by atoms with Crippen LogP contribution in [0.25, 0.3) is 0 Å². The van der Waals surface area contributed by atoms with Crippen LogP contribution in [0.2, 0.25) is 0 Å². The maximum Gasteiger partial charge on any atom is 0.153 e. The lowest BCUT2D eigenvalue weighted by Gasteiger charge is -2.46. The first-order valence-corrected chi connectivity index (χ1v) is 7.18. The molecule has 0 radical (unpaired) electrons. The molecule has 0 bridgehead atoms. The fraction of sp³-hybridized carbons (Fsp3) is 0.562. The molecule has 2 aliphatic rings. The fourth-order valence-corrected chi connectivity index (χ4v) is 3.02. The second kappa shape index (κ2) is 5.44. The van der Waals surface area contributed by atoms with E-state index in [2.05, 4.69) is 0 Å². The van der Waals surface area contributed by atoms with Crippen LogP contribution in [0.4, 0.5) is 0 Å². The zero-order chi connectivity index (χ0) is 14.0. The lowest BCUT2D eigenvalue weighted by molar-refractivity contribution is -0.153. The molecule has 1 unspecified atom stereocenters. The van der Waals surface area contributed by atoms with E-state index in [-0.39, 0.29) is 11.7 Å². The van der Waals surface area contributed by atoms with Crippen molar-refractivity contribution in [3.8, 4) is 11.5 Å². The Morgan fingerprint density at radius 3 is 2.90 bits per heavy atom. The van der Waals surface area contributed by atoms with E-state index in [0.717, 1.165) is 38.6 Å². The third-order valence-corrected chi connectivity index (χ3v) is 4.35. The Hall–Kier alpha value is -1.55. The topological polar surface area (TPSA) is 44.8 Å². The Balaban J connectivity index is 1.74. The average Bonchev–Trinajstić information content (AvgIpc) is 2.46. The van der Waals surface area contributed by atoms with Crippen LogP contribution in [0.5, 0.6) is 11.5 Å². The van der Waals surface area contributed by atoms with E-state index in [1.165, 1.54) is 6.42 Å². The Morgan fingerprint density at radius 1 is 1.40 bits per heavy atom. The van der Waals surface area contributed by atoms with Gasteiger partial charge in [0.25, 0.3) is 0 Å². The van der Waals surface area contributed by atoms with E-state index in [9.17, 15) is 4.79 Å². The molecule has 1 aliphatic heterocycles. The van der Waals surface area contributed by atoms with Gasteiger partial charge >= 0.3 is 0 Å². The summed E-state index contributed by atoms with van der Waals surface area (Å²) in [4.78, 5) is 11.1. The second-order valence-corrected chi connectivity index (χ2v) is 5.64. The number of carbonyl (C=O) groups is 1. The molecule has 0 aromatic heterocycles. The molecule has 1 aromatic carbocycles. The van der Waals surface area contributed by atoms with Gasteiger partial charge in [0.1, 0.15) is 17.6 Å². The van der Waals surface area contributed by atoms with Crippen LogP contribution in [0, 0.1) is 0 Å². The molecule has 1 spiro atoms. The Kier molecular flexibility index (Phi) is 3.66. The van der Waals surface area contributed by atoms with Gasteiger partial charge in [-0.05, 0) is 31.4 Å². The number of methoxy groups -OCH3 is 1. The van der Waals surface area contributed by atoms with Gasteiger partial charge in [-0.3, -0.25) is 4.79 Å². The molecule has 0 amide bonds. The number of benzene rings is 1. The first-order chi connectivity index (χ1) is 9.74. The number of rotatable bonds is 4. The standard InChI is InChI=1S/C16H20O4/c1-18-13-4-3-12(11-17)15(9-13)20-14-5-8-19-16(10-14)6-2-7-16/h3-4,9,11,14H,2,5-8,10H2,1H3. The molecule has 4 nitrogen and oxygen atoms in total. The molecule has 1 saturated carbocycles. The zero-order valence-electron chi connectivity index (χ0n) is 11.8. The SMILES string of the molecule is COc1ccc(C=O)c(OC2CCOC3(CCC3)C2)c1. The van der Waals surface area contributed by atoms with Crippen molar-refractivity contribution in [1.82, 2.24) is 0 Å². The van der Waals surface area contributed by atoms with Crippen molar-refractivity contribution in [3.05, 3.63) is 23.8 Å². The molecule has 1 heterocycles. The van der Waals surface area contributed by atoms with Gasteiger partial charge in [-0.1, -0.05) is 0 Å². The molecule has 1 aromatic rings. The molecule has 4 heteroatoms. The van der Waals surface area contributed by atoms with Crippen molar-refractivity contribution in [2.45, 2.75) is 43.8 Å². The molecule has 1 aliphatic carbocycles. The molecule has 1 atom stereocenters. The van der Waals surface area contributed by atoms with Crippen molar-refractivity contribution in [3.63, 3.8) is 0 Å². The number of carbonyl (C=O) groups excluding carboxylic acids is 1. The van der Waals surface area contributed by atoms with E-state index < -0.39 is 0 Å². The third-order valence-electron chi connectivity index (χ3n) is 4.35. The van der Waals surface area contributed by atoms with Crippen LogP contribution in [-0.4, -0.2) is 31.7 Å². The van der Waals surface area contributed by atoms with Crippen LogP contribution in [0.3, 0.4) is 0 Å². The van der Waals surface area contributed by atoms with E-state index >= 15 is 0 Å². The first kappa shape index (κ1) is 13.4. The van der Waals surface area contributed by atoms with Gasteiger partial charge < -0.3 is 14.2 Å². The summed E-state index contributed by atoms with van der Waals surface area (Å²) < 4.78 is 17.2. The molecule has 0 N–H and O–H groups in total. The fourth-order valence-electron chi connectivity index (χ4n) is 3.02. The monoisotopic (exact) mass is 276 g/mol. The van der Waals surface area contributed by atoms with Crippen molar-refractivity contribution in [1.29, 1.82) is 0 Å². The van der Waals surface area contributed by atoms with Crippen molar-refractivity contribution < 1.29 is 19.0 Å². The van der Waals surface area contributed by atoms with E-state index in [1.54, 1.807) is 25.3 Å². The predicted molar refractivity (Wildman–Crippen MR) is 74.6 cm³/mol. The van der Waals surface area contributed by atoms with Gasteiger partial charge in [0.15, 0.2) is 6.29 Å². The summed E-state index contributed by atoms with van der Waals surface area (Å²) >= 11 is 0. The van der Waals surface area contributed by atoms with Crippen molar-refractivity contribution in [2.75, 3.05) is 13.7 Å². The van der Waals surface area contributed by atoms with E-state index in [4.69, 9.17) is 14.2 Å². The normalized spacial score (nSPS) is 23.9. The summed E-state index contributed by atoms with van der Waals surface area (Å²) in [5, 5.41) is 0. The number of aldehydes is 1. The highest BCUT2D eigenvalue weighted by Crippen LogP contribution is 2.43. The van der Waals surface area contributed by atoms with Crippen LogP contribution in [0.1, 0.15) is 42.5 Å². The lowest BCUT2D eigenvalue weighted by Crippen LogP contribution is -2.48. The highest BCUT2D eigenvalue weighted by atomic mass is 16.5. The summed E-state index contributed by atoms with van der Waals surface area (Å²) in [5.74, 6) is 1.32. The minimum atomic E-state index is 0.0448. The Bertz CT molecular complexity index is 493. The molecule has 20 heavy (non-hydrogen) atoms. The van der Waals surface area contributed by atoms with Gasteiger partial charge in [-0.25, -0.2) is 0 Å². The Morgan fingerprint density at radius 2 is 2.25 bits per heavy atom. The van der Waals surface area contributed by atoms with Gasteiger partial charge in [0.2, 0.25) is 0 Å². The molecule has 108 valence electrons. The summed E-state index contributed by atoms with van der Waals surface area (Å²) in [6.07, 6.45) is 6.24. The molecular formula is C16H20O4. The predicted octanol–water partition coefficient (Wildman–Crippen LogP) is 2.99. The Labute approximate surface area is 119 Å². The van der Waals surface area contributed by atoms with Crippen LogP contribution >= 0.6 is 0 Å². The quantitative estimate of drug-likeness (QED) is 0.793. The minimum absolute atomic E-state index is 0.0448. The third kappa shape index (κ3) is 2.52. The van der Waals surface area contributed by atoms with Gasteiger partial charge in [0.05, 0.1) is 24.9 Å². The number of hydrogen-bond acceptors (Lipinski definition) is 4. The molecule has 2 fully saturated rings. The van der Waals surface area contributed by atoms with Gasteiger partial charge in [-0.2, -0.15) is 0 Å². The smallest absolute Gasteiger partial charge is 0.153 e. The average molecular weight is 276 g/mol. The van der Waals surface area contributed by atoms with Gasteiger partial charge in [0, 0.05) is 18.9 Å². The highest BCUT2D eigenvalue weighted by molar-refractivity contribution is 5.79. The lowest BCUT2D eigenvalue weighted by atomic mass is 9.74. The van der Waals surface area contributed by atoms with E-state index in [1.807, 2.05) is 0 Å². The number of hydrogen-bond donors (Lipinski definition) is 0. The van der Waals surface area contributed by atoms with Crippen LogP contribution in [-0.2, 0) is 4.74 Å². The van der Waals surface area contributed by atoms with E-state index in [0.29, 0.717) is 17.1 Å². The molecule has 1 saturated heterocycles. The largest absolute Gasteiger partial charge is 0.497 e. The molecule has 3 rings (SSSR count). The summed E-state index contributed by atoms with van der Waals surface area (Å²) in [6.45, 7) is 0.741. The highest BCUT2D eigenvalue weighted by Gasteiger charge is 2.43. The summed E-state index contributed by atoms with van der Waals surface area (Å²) in [5.41, 5.74) is 0.614. The van der Waals surface area contributed by atoms with Crippen LogP contribution < -0.4 is 9.47 Å². The maximum atomic E-state index is 11.1. The van der Waals surface area contributed by atoms with Crippen LogP contribution in [0.15, 0.2) is 18.2 Å². The summed E-state index contributed by atoms with van der Waals surface area (Å²) in [6, 6.07) is 5.29. The maximum absolute atomic E-state index is 11.1. The van der Waals surface area contributed by atoms with Crippen molar-refractivity contribution in [2.24, 2.45) is 0 Å². The summed E-state index contributed by atoms with van der Waals surface area (Å²) in [7, 11) is 1.61. The number of ether oxygens (including phenoxy) is 3.